The molecule has 1 aliphatic heterocycles. The Morgan fingerprint density at radius 2 is 1.83 bits per heavy atom. The molecular weight excluding hydrogens is 456 g/mol. The third kappa shape index (κ3) is 5.87. The number of carbonyl (C=O) groups is 2. The first-order valence-corrected chi connectivity index (χ1v) is 11.8. The van der Waals surface area contributed by atoms with Gasteiger partial charge in [-0.3, -0.25) is 9.59 Å². The molecule has 1 aliphatic rings. The molecule has 2 amide bonds. The number of nitriles is 1. The monoisotopic (exact) mass is 486 g/mol. The van der Waals surface area contributed by atoms with E-state index in [1.165, 1.54) is 0 Å². The van der Waals surface area contributed by atoms with E-state index >= 15 is 0 Å². The highest BCUT2D eigenvalue weighted by Crippen LogP contribution is 2.21. The Morgan fingerprint density at radius 1 is 1.14 bits per heavy atom. The topological polar surface area (TPSA) is 130 Å². The van der Waals surface area contributed by atoms with Crippen molar-refractivity contribution in [3.05, 3.63) is 53.4 Å². The van der Waals surface area contributed by atoms with Gasteiger partial charge < -0.3 is 25.4 Å². The Hall–Kier alpha value is -4.23. The maximum absolute atomic E-state index is 12.7. The number of likely N-dealkylation sites (N-methyl/N-ethyl adjacent to an activating group) is 1. The lowest BCUT2D eigenvalue weighted by Gasteiger charge is -2.32. The summed E-state index contributed by atoms with van der Waals surface area (Å²) in [5, 5.41) is 15.7. The highest BCUT2D eigenvalue weighted by atomic mass is 16.2. The van der Waals surface area contributed by atoms with E-state index in [1.807, 2.05) is 58.2 Å². The van der Waals surface area contributed by atoms with Gasteiger partial charge in [-0.05, 0) is 51.6 Å². The molecule has 2 aromatic heterocycles. The van der Waals surface area contributed by atoms with Gasteiger partial charge in [0.1, 0.15) is 23.0 Å². The number of carbonyl (C=O) groups excluding carboxylic acids is 2. The number of benzene rings is 1. The van der Waals surface area contributed by atoms with Gasteiger partial charge in [0.15, 0.2) is 5.65 Å². The van der Waals surface area contributed by atoms with Crippen molar-refractivity contribution in [1.82, 2.24) is 30.1 Å². The molecule has 0 spiro atoms. The van der Waals surface area contributed by atoms with Gasteiger partial charge in [0.2, 0.25) is 0 Å². The predicted molar refractivity (Wildman–Crippen MR) is 138 cm³/mol. The van der Waals surface area contributed by atoms with Crippen LogP contribution >= 0.6 is 0 Å². The number of nitrogens with zero attached hydrogens (tertiary/aromatic N) is 5. The third-order valence-electron chi connectivity index (χ3n) is 5.75. The Balaban J connectivity index is 1.48. The molecule has 36 heavy (non-hydrogen) atoms. The summed E-state index contributed by atoms with van der Waals surface area (Å²) in [6, 6.07) is 9.35. The number of amides is 2. The molecular formula is C26H30N8O2. The van der Waals surface area contributed by atoms with E-state index in [9.17, 15) is 14.9 Å². The maximum atomic E-state index is 12.7. The lowest BCUT2D eigenvalue weighted by Crippen LogP contribution is -2.47. The van der Waals surface area contributed by atoms with Crippen LogP contribution in [-0.4, -0.2) is 75.3 Å². The molecule has 4 rings (SSSR count). The van der Waals surface area contributed by atoms with Gasteiger partial charge >= 0.3 is 0 Å². The van der Waals surface area contributed by atoms with Gasteiger partial charge in [0.25, 0.3) is 11.8 Å². The molecule has 0 atom stereocenters. The summed E-state index contributed by atoms with van der Waals surface area (Å²) in [7, 11) is 2.02. The third-order valence-corrected chi connectivity index (χ3v) is 5.75. The fourth-order valence-electron chi connectivity index (χ4n) is 3.83. The van der Waals surface area contributed by atoms with Crippen LogP contribution in [0.3, 0.4) is 0 Å². The van der Waals surface area contributed by atoms with E-state index in [2.05, 4.69) is 30.5 Å². The Bertz CT molecular complexity index is 1340. The molecule has 0 unspecified atom stereocenters. The molecule has 10 heteroatoms. The minimum Gasteiger partial charge on any atom is -0.347 e. The van der Waals surface area contributed by atoms with Crippen molar-refractivity contribution in [1.29, 1.82) is 5.26 Å². The molecule has 0 bridgehead atoms. The number of piperazine rings is 1. The summed E-state index contributed by atoms with van der Waals surface area (Å²) in [5.41, 5.74) is 2.65. The SMILES string of the molecule is CN1CCN(C(=O)C(C#N)=Cc2ccc(Nc3cnc4[nH]cc(C(=O)NC(C)(C)C)c4n3)cc2)CC1. The summed E-state index contributed by atoms with van der Waals surface area (Å²) in [4.78, 5) is 41.2. The Morgan fingerprint density at radius 3 is 2.47 bits per heavy atom. The van der Waals surface area contributed by atoms with E-state index in [-0.39, 0.29) is 22.9 Å². The van der Waals surface area contributed by atoms with Crippen molar-refractivity contribution in [2.24, 2.45) is 0 Å². The highest BCUT2D eigenvalue weighted by Gasteiger charge is 2.22. The fraction of sp³-hybridized carbons (Fsp3) is 0.346. The second kappa shape index (κ2) is 10.2. The van der Waals surface area contributed by atoms with Gasteiger partial charge in [-0.1, -0.05) is 12.1 Å². The van der Waals surface area contributed by atoms with E-state index in [4.69, 9.17) is 0 Å². The lowest BCUT2D eigenvalue weighted by atomic mass is 10.1. The van der Waals surface area contributed by atoms with E-state index in [1.54, 1.807) is 23.4 Å². The number of hydrogen-bond donors (Lipinski definition) is 3. The van der Waals surface area contributed by atoms with Gasteiger partial charge in [-0.2, -0.15) is 5.26 Å². The number of rotatable bonds is 5. The average Bonchev–Trinajstić information content (AvgIpc) is 3.26. The van der Waals surface area contributed by atoms with Crippen molar-refractivity contribution < 1.29 is 9.59 Å². The second-order valence-electron chi connectivity index (χ2n) is 9.87. The number of aromatic amines is 1. The number of aromatic nitrogens is 3. The number of nitrogens with one attached hydrogen (secondary N) is 3. The minimum absolute atomic E-state index is 0.116. The molecule has 3 N–H and O–H groups in total. The van der Waals surface area contributed by atoms with E-state index in [0.717, 1.165) is 24.3 Å². The quantitative estimate of drug-likeness (QED) is 0.373. The Kier molecular flexibility index (Phi) is 7.03. The van der Waals surface area contributed by atoms with Crippen LogP contribution < -0.4 is 10.6 Å². The van der Waals surface area contributed by atoms with Crippen LogP contribution in [0.2, 0.25) is 0 Å². The standard InChI is InChI=1S/C26H30N8O2/c1-26(2,3)32-24(35)20-15-28-23-22(20)31-21(16-29-23)30-19-7-5-17(6-8-19)13-18(14-27)25(36)34-11-9-33(4)10-12-34/h5-8,13,15-16H,9-12H2,1-4H3,(H,28,29)(H,30,31)(H,32,35). The smallest absolute Gasteiger partial charge is 0.264 e. The maximum Gasteiger partial charge on any atom is 0.264 e. The molecule has 10 nitrogen and oxygen atoms in total. The van der Waals surface area contributed by atoms with E-state index < -0.39 is 0 Å². The Labute approximate surface area is 210 Å². The lowest BCUT2D eigenvalue weighted by molar-refractivity contribution is -0.128. The minimum atomic E-state index is -0.374. The summed E-state index contributed by atoms with van der Waals surface area (Å²) in [5.74, 6) is 0.0168. The van der Waals surface area contributed by atoms with Gasteiger partial charge in [-0.25, -0.2) is 9.97 Å². The van der Waals surface area contributed by atoms with Gasteiger partial charge in [0, 0.05) is 43.6 Å². The van der Waals surface area contributed by atoms with Crippen molar-refractivity contribution in [2.75, 3.05) is 38.5 Å². The summed E-state index contributed by atoms with van der Waals surface area (Å²) in [6.07, 6.45) is 4.80. The zero-order valence-electron chi connectivity index (χ0n) is 20.9. The van der Waals surface area contributed by atoms with Crippen LogP contribution in [0.5, 0.6) is 0 Å². The zero-order valence-corrected chi connectivity index (χ0v) is 20.9. The van der Waals surface area contributed by atoms with Crippen molar-refractivity contribution in [2.45, 2.75) is 26.3 Å². The first kappa shape index (κ1) is 24.9. The first-order valence-electron chi connectivity index (χ1n) is 11.8. The van der Waals surface area contributed by atoms with Crippen LogP contribution in [0.1, 0.15) is 36.7 Å². The van der Waals surface area contributed by atoms with Crippen LogP contribution in [0, 0.1) is 11.3 Å². The molecule has 1 fully saturated rings. The molecule has 0 radical (unpaired) electrons. The first-order chi connectivity index (χ1) is 17.1. The van der Waals surface area contributed by atoms with Crippen LogP contribution in [0.15, 0.2) is 42.2 Å². The largest absolute Gasteiger partial charge is 0.347 e. The van der Waals surface area contributed by atoms with Crippen LogP contribution in [0.25, 0.3) is 17.2 Å². The van der Waals surface area contributed by atoms with E-state index in [0.29, 0.717) is 35.6 Å². The second-order valence-corrected chi connectivity index (χ2v) is 9.87. The number of hydrogen-bond acceptors (Lipinski definition) is 7. The fourth-order valence-corrected chi connectivity index (χ4v) is 3.83. The predicted octanol–water partition coefficient (Wildman–Crippen LogP) is 2.91. The number of anilines is 2. The summed E-state index contributed by atoms with van der Waals surface area (Å²) in [6.45, 7) is 8.57. The molecule has 1 aromatic carbocycles. The van der Waals surface area contributed by atoms with Crippen LogP contribution in [-0.2, 0) is 4.79 Å². The summed E-state index contributed by atoms with van der Waals surface area (Å²) >= 11 is 0. The molecule has 186 valence electrons. The average molecular weight is 487 g/mol. The highest BCUT2D eigenvalue weighted by molar-refractivity contribution is 6.05. The van der Waals surface area contributed by atoms with Gasteiger partial charge in [-0.15, -0.1) is 0 Å². The zero-order chi connectivity index (χ0) is 25.9. The molecule has 0 aliphatic carbocycles. The van der Waals surface area contributed by atoms with Crippen molar-refractivity contribution >= 4 is 40.6 Å². The van der Waals surface area contributed by atoms with Crippen molar-refractivity contribution in [3.8, 4) is 6.07 Å². The molecule has 3 heterocycles. The number of H-pyrrole nitrogens is 1. The molecule has 0 saturated carbocycles. The number of fused-ring (bicyclic) bond motifs is 1. The molecule has 3 aromatic rings. The normalized spacial score (nSPS) is 15.0. The van der Waals surface area contributed by atoms with Gasteiger partial charge in [0.05, 0.1) is 11.8 Å². The molecule has 1 saturated heterocycles. The summed E-state index contributed by atoms with van der Waals surface area (Å²) < 4.78 is 0. The van der Waals surface area contributed by atoms with Crippen LogP contribution in [0.4, 0.5) is 11.5 Å². The van der Waals surface area contributed by atoms with Crippen molar-refractivity contribution in [3.63, 3.8) is 0 Å².